The van der Waals surface area contributed by atoms with Crippen molar-refractivity contribution in [3.05, 3.63) is 50.1 Å². The molecule has 0 aromatic carbocycles. The summed E-state index contributed by atoms with van der Waals surface area (Å²) in [5.74, 6) is -0.441. The molecule has 4 rings (SSSR count). The molecule has 20 nitrogen and oxygen atoms in total. The zero-order valence-corrected chi connectivity index (χ0v) is 76.5. The van der Waals surface area contributed by atoms with Crippen molar-refractivity contribution in [2.24, 2.45) is 23.7 Å². The van der Waals surface area contributed by atoms with Crippen LogP contribution in [0.25, 0.3) is 0 Å². The van der Waals surface area contributed by atoms with Gasteiger partial charge >= 0.3 is 146 Å². The number of amides is 4. The molecule has 0 aliphatic carbocycles. The number of carbonyl (C=O) groups excluding carboxylic acids is 5. The van der Waals surface area contributed by atoms with Gasteiger partial charge < -0.3 is 75.7 Å². The summed E-state index contributed by atoms with van der Waals surface area (Å²) in [6, 6.07) is 1.40. The van der Waals surface area contributed by atoms with E-state index in [2.05, 4.69) is 54.5 Å². The Bertz CT molecular complexity index is 2720. The first-order valence-corrected chi connectivity index (χ1v) is 31.9. The van der Waals surface area contributed by atoms with Crippen LogP contribution in [0, 0.1) is 49.2 Å². The van der Waals surface area contributed by atoms with Gasteiger partial charge in [-0.05, 0) is 202 Å². The van der Waals surface area contributed by atoms with E-state index in [-0.39, 0.29) is 216 Å². The second-order valence-corrected chi connectivity index (χ2v) is 28.3. The number of nitrogens with zero attached hydrogens (tertiary/aromatic N) is 5. The molecule has 2 aromatic rings. The Hall–Kier alpha value is 0.311. The zero-order chi connectivity index (χ0) is 88.3. The summed E-state index contributed by atoms with van der Waals surface area (Å²) in [6.07, 6.45) is -0.987. The fraction of sp³-hybridized carbons (Fsp3) is 0.736. The zero-order valence-electron chi connectivity index (χ0n) is 70.4. The van der Waals surface area contributed by atoms with Crippen LogP contribution in [0.5, 0.6) is 0 Å². The summed E-state index contributed by atoms with van der Waals surface area (Å²) in [6.45, 7) is 42.1. The number of aliphatic hydroxyl groups is 1. The van der Waals surface area contributed by atoms with Gasteiger partial charge in [0.05, 0.1) is 39.4 Å². The van der Waals surface area contributed by atoms with Crippen molar-refractivity contribution in [3.8, 4) is 0 Å². The second-order valence-electron chi connectivity index (χ2n) is 28.3. The van der Waals surface area contributed by atoms with Crippen LogP contribution in [-0.2, 0) is 28.5 Å². The number of ether oxygens (including phenoxy) is 5. The Morgan fingerprint density at radius 2 is 1.00 bits per heavy atom. The summed E-state index contributed by atoms with van der Waals surface area (Å²) >= 11 is 0. The summed E-state index contributed by atoms with van der Waals surface area (Å²) in [4.78, 5) is 71.4. The number of anilines is 1. The Kier molecular flexibility index (Phi) is 83.0. The maximum absolute atomic E-state index is 13.1. The quantitative estimate of drug-likeness (QED) is 0.0218. The molecule has 0 saturated carbocycles. The first kappa shape index (κ1) is 137. The number of alkyl carbamates (subject to hydrolysis) is 3. The second kappa shape index (κ2) is 68.7. The van der Waals surface area contributed by atoms with Crippen LogP contribution in [0.1, 0.15) is 162 Å². The first-order valence-electron chi connectivity index (χ1n) is 32.6. The minimum absolute atomic E-state index is 0. The molecule has 4 N–H and O–H groups in total. The van der Waals surface area contributed by atoms with Crippen molar-refractivity contribution >= 4 is 291 Å². The maximum Gasteiger partial charge on any atom is 2.00 e. The van der Waals surface area contributed by atoms with E-state index in [1.54, 1.807) is 76.2 Å². The number of halogens is 5. The monoisotopic (exact) mass is 1650 g/mol. The third-order valence-electron chi connectivity index (χ3n) is 11.8. The van der Waals surface area contributed by atoms with Gasteiger partial charge in [-0.3, -0.25) is 22.1 Å². The van der Waals surface area contributed by atoms with Crippen LogP contribution in [0.3, 0.4) is 0 Å². The van der Waals surface area contributed by atoms with Crippen LogP contribution < -0.4 is 124 Å². The van der Waals surface area contributed by atoms with Gasteiger partial charge in [0.2, 0.25) is 5.95 Å². The number of hydrogen-bond donors (Lipinski definition) is 4. The van der Waals surface area contributed by atoms with Gasteiger partial charge in [0.25, 0.3) is 0 Å². The molecular formula is C53H113B32BrF4KMgN8NaO12-6. The molecule has 578 valence electrons. The van der Waals surface area contributed by atoms with Gasteiger partial charge in [-0.25, -0.2) is 33.9 Å². The summed E-state index contributed by atoms with van der Waals surface area (Å²) in [7, 11) is 77.8. The molecule has 0 bridgehead atoms. The molecular weight excluding hydrogens is 1530 g/mol. The van der Waals surface area contributed by atoms with Crippen LogP contribution >= 0.6 is 0 Å². The topological polar surface area (TPSA) is 266 Å². The van der Waals surface area contributed by atoms with E-state index in [1.165, 1.54) is 24.3 Å². The maximum atomic E-state index is 13.1. The van der Waals surface area contributed by atoms with E-state index in [0.717, 1.165) is 25.0 Å². The molecule has 28 radical (unpaired) electrons. The van der Waals surface area contributed by atoms with Gasteiger partial charge in [0.1, 0.15) is 34.3 Å². The fourth-order valence-corrected chi connectivity index (χ4v) is 7.51. The molecule has 4 amide bonds. The number of esters is 1. The Morgan fingerprint density at radius 3 is 1.19 bits per heavy atom. The van der Waals surface area contributed by atoms with Crippen molar-refractivity contribution in [2.75, 3.05) is 19.2 Å². The van der Waals surface area contributed by atoms with Crippen LogP contribution in [0.15, 0.2) is 24.5 Å². The largest absolute Gasteiger partial charge is 2.00 e. The summed E-state index contributed by atoms with van der Waals surface area (Å²) in [5, 5.41) is 28.0. The number of aromatic nitrogens is 4. The third-order valence-corrected chi connectivity index (χ3v) is 11.8. The number of hydrogen-bond acceptors (Lipinski definition) is 16. The van der Waals surface area contributed by atoms with Gasteiger partial charge in [0.15, 0.2) is 0 Å². The van der Waals surface area contributed by atoms with Gasteiger partial charge in [-0.2, -0.15) is 23.1 Å². The van der Waals surface area contributed by atoms with E-state index in [0.29, 0.717) is 57.4 Å². The first-order chi connectivity index (χ1) is 48.8. The molecule has 2 fully saturated rings. The number of nitrogens with one attached hydrogen (secondary N) is 3. The predicted octanol–water partition coefficient (Wildman–Crippen LogP) is -16.4. The van der Waals surface area contributed by atoms with Crippen molar-refractivity contribution < 1.29 is 176 Å². The van der Waals surface area contributed by atoms with Gasteiger partial charge in [0, 0.05) is 76.3 Å². The van der Waals surface area contributed by atoms with E-state index < -0.39 is 109 Å². The van der Waals surface area contributed by atoms with E-state index >= 15 is 0 Å². The Morgan fingerprint density at radius 1 is 0.646 bits per heavy atom. The van der Waals surface area contributed by atoms with E-state index in [1.807, 2.05) is 69.2 Å². The number of alkyl halides is 1. The number of rotatable bonds is 17. The van der Waals surface area contributed by atoms with Crippen molar-refractivity contribution in [1.29, 1.82) is 0 Å². The molecule has 4 heterocycles. The van der Waals surface area contributed by atoms with E-state index in [4.69, 9.17) is 129 Å². The predicted molar refractivity (Wildman–Crippen MR) is 502 cm³/mol. The standard InChI is InChI=1S/C12H16FN3O2.C12H25NO3.C11H21NO4.C8H15NO2.C4H2F2N2.C4H9O.CH3F.CH3.B8H9.B8H6.B8H3.B8.BrH.K.Mg.Na.H/c1-7(2)9-12(3,4)18-11(17)16(9)8-5-6-14-10(13)15-8;1-8(2)9(12(6,7)15)13-10(14)16-11(3,4)5;1-7(2)8(9(13)15-6)12-10(14)16-11(3,4)5;1-5(2)6-8(3,4)11-7(10)9-6;5-3-1-2-7-4(6)8-3;1-4(2,3)5;1-2;;4*1-6(2)8(5)7(3)4;;;;;/h5-7,9H,1-4H3;8-9,15H,1-7H3,(H,13,14);7-8H,1-6H3,(H,12,14);5-6H,1-4H3,(H,9,10);1-2H;1-3H3;1H3;1H3;1-3H3;1-2H3;1H3;;1H;;;;/q;;;;;-1;;-1;-3;-2;-1;;;+1;+2;+1;-1/p-1/t2*9-;8-;6-;;;;;;;;;;;;;/m0000............./s1/i;;;;;;1D;;;;;;;;;;. The van der Waals surface area contributed by atoms with Crippen LogP contribution in [-0.4, -0.2) is 382 Å². The normalized spacial score (nSPS) is 14.0. The van der Waals surface area contributed by atoms with Gasteiger partial charge in [-0.15, -0.1) is 49.3 Å². The van der Waals surface area contributed by atoms with E-state index in [9.17, 15) is 51.7 Å². The average Bonchev–Trinajstić information content (AvgIpc) is 1.62. The Balaban J connectivity index is -0.0000000923. The molecule has 2 aliphatic rings. The summed E-state index contributed by atoms with van der Waals surface area (Å²) in [5.41, 5.74) is -3.81. The van der Waals surface area contributed by atoms with Crippen molar-refractivity contribution in [1.82, 2.24) is 35.9 Å². The minimum atomic E-state index is -1.04. The summed E-state index contributed by atoms with van der Waals surface area (Å²) < 4.78 is 77.3. The van der Waals surface area contributed by atoms with Gasteiger partial charge in [-0.1, -0.05) is 104 Å². The van der Waals surface area contributed by atoms with Crippen molar-refractivity contribution in [2.45, 2.75) is 217 Å². The molecule has 4 atom stereocenters. The third kappa shape index (κ3) is 73.6. The number of cyclic esters (lactones) is 2. The number of carbonyl (C=O) groups is 5. The fourth-order valence-electron chi connectivity index (χ4n) is 7.51. The molecule has 2 saturated heterocycles. The molecule has 0 spiro atoms. The number of methoxy groups -OCH3 is 1. The van der Waals surface area contributed by atoms with Crippen LogP contribution in [0.2, 0.25) is 0 Å². The molecule has 60 heteroatoms. The molecule has 0 unspecified atom stereocenters. The smallest absolute Gasteiger partial charge is 1.00 e. The van der Waals surface area contributed by atoms with Crippen LogP contribution in [0.4, 0.5) is 42.6 Å². The SMILES string of the molecule is CC(C)(C)[O-].CC(C)[C@@H]1N(c2ccnc(F)n2)C(=O)OC1(C)C.CC(C)[C@@H]1NC(=O)OC1(C)C.CC(C)[C@H](NC(=O)OC(C)(C)C)C(C)(C)O.COC(=O)[C@@H](NC(=O)OC(C)(C)C)C(C)C.Fc1ccnc(F)n1.[2H]CF.[B]B([BH3-])B([B])B([BH3-])[BH3-].[B]B([B])B([B])B([BH3-])[BH3-].[B]B([B])B([B])B([B])[BH3-].[B]B([B])B([B])B([B])[B].[Br-].[CH3-].[H-].[K+].[Mg+2].[Na+]. The average molecular weight is 1640 g/mol. The molecule has 113 heavy (non-hydrogen) atoms. The molecule has 2 aromatic heterocycles. The minimum Gasteiger partial charge on any atom is -1.00 e. The Labute approximate surface area is 803 Å². The molecule has 2 aliphatic heterocycles. The van der Waals surface area contributed by atoms with Crippen molar-refractivity contribution in [3.63, 3.8) is 0 Å².